The maximum atomic E-state index is 13.6. The molecule has 1 saturated heterocycles. The molecule has 17 nitrogen and oxygen atoms in total. The van der Waals surface area contributed by atoms with Crippen LogP contribution in [0.5, 0.6) is 0 Å². The summed E-state index contributed by atoms with van der Waals surface area (Å²) < 4.78 is 12.6. The summed E-state index contributed by atoms with van der Waals surface area (Å²) in [4.78, 5) is 67.1. The van der Waals surface area contributed by atoms with Gasteiger partial charge in [0.1, 0.15) is 24.2 Å². The molecule has 5 amide bonds. The molecule has 18 heteroatoms. The fourth-order valence-corrected chi connectivity index (χ4v) is 9.11. The first-order valence-corrected chi connectivity index (χ1v) is 22.1. The molecule has 1 heterocycles. The standard InChI is InChI=1S/C44H68BN9O8/c1-6-7-10-26-12-14-27(15-13-26)28-16-18-29(19-17-28)37(56)50-32(20-22-47)38(57)52-35(25(2)55)40(59)53-36(48)41(60)51-31(11-8-9-21-46)39(58)54-42(49)45-61-34-24-30-23-33(43(30,3)4)44(34,5)62-45/h12-19,25,30-36,42,55H,6-11,20-24,46-49H2,1-5H3,(H,50,56)(H,51,60)(H,52,57)(H,53,59)(H,54,58)/t25?,30-,31-,32-,33-,34?,35-,36+,42+,44-/m0/s1. The topological polar surface area (TPSA) is 288 Å². The number of nitrogens with one attached hydrogen (secondary N) is 5. The summed E-state index contributed by atoms with van der Waals surface area (Å²) in [5.41, 5.74) is 27.0. The Morgan fingerprint density at radius 3 is 2.00 bits per heavy atom. The molecule has 62 heavy (non-hydrogen) atoms. The van der Waals surface area contributed by atoms with Gasteiger partial charge in [-0.05, 0) is 124 Å². The molecule has 3 saturated carbocycles. The largest absolute Gasteiger partial charge is 0.497 e. The Kier molecular flexibility index (Phi) is 16.7. The summed E-state index contributed by atoms with van der Waals surface area (Å²) in [6.07, 6.45) is 3.11. The van der Waals surface area contributed by atoms with Gasteiger partial charge in [-0.25, -0.2) is 0 Å². The van der Waals surface area contributed by atoms with Gasteiger partial charge in [-0.15, -0.1) is 0 Å². The molecule has 4 fully saturated rings. The summed E-state index contributed by atoms with van der Waals surface area (Å²) in [5, 5.41) is 23.3. The minimum absolute atomic E-state index is 0.0193. The molecule has 10 atom stereocenters. The number of aryl methyl sites for hydroxylation is 1. The lowest BCUT2D eigenvalue weighted by Gasteiger charge is -2.64. The maximum Gasteiger partial charge on any atom is 0.497 e. The van der Waals surface area contributed by atoms with E-state index >= 15 is 0 Å². The van der Waals surface area contributed by atoms with Crippen LogP contribution in [-0.4, -0.2) is 103 Å². The second-order valence-corrected chi connectivity index (χ2v) is 17.9. The molecule has 0 aromatic heterocycles. The second kappa shape index (κ2) is 21.3. The number of hydrogen-bond donors (Lipinski definition) is 10. The number of unbranched alkanes of at least 4 members (excludes halogenated alkanes) is 2. The van der Waals surface area contributed by atoms with E-state index in [9.17, 15) is 29.1 Å². The van der Waals surface area contributed by atoms with Crippen molar-refractivity contribution < 1.29 is 38.4 Å². The highest BCUT2D eigenvalue weighted by atomic mass is 16.7. The fourth-order valence-electron chi connectivity index (χ4n) is 9.11. The molecule has 2 bridgehead atoms. The Morgan fingerprint density at radius 1 is 0.774 bits per heavy atom. The van der Waals surface area contributed by atoms with Gasteiger partial charge in [0, 0.05) is 5.56 Å². The number of nitrogens with two attached hydrogens (primary N) is 4. The van der Waals surface area contributed by atoms with Crippen LogP contribution in [0.4, 0.5) is 0 Å². The second-order valence-electron chi connectivity index (χ2n) is 17.9. The quantitative estimate of drug-likeness (QED) is 0.0445. The smallest absolute Gasteiger partial charge is 0.403 e. The van der Waals surface area contributed by atoms with E-state index in [0.29, 0.717) is 36.8 Å². The number of rotatable bonds is 22. The van der Waals surface area contributed by atoms with Gasteiger partial charge in [0.05, 0.1) is 17.8 Å². The number of carbonyl (C=O) groups excluding carboxylic acids is 5. The van der Waals surface area contributed by atoms with E-state index in [1.807, 2.05) is 31.2 Å². The number of aliphatic hydroxyl groups excluding tert-OH is 1. The van der Waals surface area contributed by atoms with Gasteiger partial charge in [-0.1, -0.05) is 63.6 Å². The van der Waals surface area contributed by atoms with Crippen molar-refractivity contribution in [3.63, 3.8) is 0 Å². The molecule has 340 valence electrons. The predicted molar refractivity (Wildman–Crippen MR) is 236 cm³/mol. The van der Waals surface area contributed by atoms with E-state index in [-0.39, 0.29) is 30.9 Å². The normalized spacial score (nSPS) is 23.9. The van der Waals surface area contributed by atoms with Crippen molar-refractivity contribution in [2.75, 3.05) is 13.1 Å². The molecule has 1 aliphatic heterocycles. The number of hydrogen-bond acceptors (Lipinski definition) is 12. The van der Waals surface area contributed by atoms with Crippen molar-refractivity contribution in [1.29, 1.82) is 0 Å². The van der Waals surface area contributed by atoms with Crippen molar-refractivity contribution >= 4 is 36.7 Å². The lowest BCUT2D eigenvalue weighted by molar-refractivity contribution is -0.199. The van der Waals surface area contributed by atoms with Crippen LogP contribution < -0.4 is 49.5 Å². The SMILES string of the molecule is CCCCc1ccc(-c2ccc(C(=O)N[C@@H](CCN)C(=O)N[C@H](C(=O)N[C@@H](N)C(=O)N[C@@H](CCCCN)C(=O)N[C@@H](N)B3OC4C[C@@H]5C[C@@H](C5(C)C)[C@]4(C)O3)C(C)O)cc2)cc1. The van der Waals surface area contributed by atoms with Gasteiger partial charge in [0.25, 0.3) is 11.8 Å². The van der Waals surface area contributed by atoms with Gasteiger partial charge in [0.15, 0.2) is 6.17 Å². The Hall–Kier alpha value is -4.43. The van der Waals surface area contributed by atoms with Crippen LogP contribution >= 0.6 is 0 Å². The molecule has 2 aromatic carbocycles. The molecular weight excluding hydrogens is 793 g/mol. The Labute approximate surface area is 365 Å². The highest BCUT2D eigenvalue weighted by Gasteiger charge is 2.68. The molecule has 14 N–H and O–H groups in total. The van der Waals surface area contributed by atoms with Crippen molar-refractivity contribution in [2.24, 2.45) is 40.2 Å². The van der Waals surface area contributed by atoms with Gasteiger partial charge in [-0.2, -0.15) is 0 Å². The first kappa shape index (κ1) is 48.6. The average Bonchev–Trinajstić information content (AvgIpc) is 3.61. The van der Waals surface area contributed by atoms with E-state index in [1.165, 1.54) is 12.5 Å². The highest BCUT2D eigenvalue weighted by molar-refractivity contribution is 6.47. The fraction of sp³-hybridized carbons (Fsp3) is 0.614. The third kappa shape index (κ3) is 11.4. The van der Waals surface area contributed by atoms with E-state index in [2.05, 4.69) is 59.5 Å². The Bertz CT molecular complexity index is 1870. The molecule has 0 radical (unpaired) electrons. The molecule has 4 aliphatic rings. The summed E-state index contributed by atoms with van der Waals surface area (Å²) in [7, 11) is -0.896. The van der Waals surface area contributed by atoms with Crippen LogP contribution in [0.2, 0.25) is 0 Å². The van der Waals surface area contributed by atoms with Crippen molar-refractivity contribution in [3.05, 3.63) is 59.7 Å². The van der Waals surface area contributed by atoms with Crippen LogP contribution in [0.3, 0.4) is 0 Å². The molecule has 6 rings (SSSR count). The van der Waals surface area contributed by atoms with Gasteiger partial charge in [0.2, 0.25) is 17.7 Å². The van der Waals surface area contributed by atoms with E-state index in [0.717, 1.165) is 43.2 Å². The molecule has 3 aliphatic carbocycles. The first-order chi connectivity index (χ1) is 29.4. The van der Waals surface area contributed by atoms with Crippen LogP contribution in [0.15, 0.2) is 48.5 Å². The molecule has 2 aromatic rings. The van der Waals surface area contributed by atoms with E-state index < -0.39 is 78.7 Å². The van der Waals surface area contributed by atoms with Crippen LogP contribution in [-0.2, 0) is 34.9 Å². The maximum absolute atomic E-state index is 13.6. The highest BCUT2D eigenvalue weighted by Crippen LogP contribution is 2.65. The summed E-state index contributed by atoms with van der Waals surface area (Å²) >= 11 is 0. The molecular formula is C44H68BN9O8. The zero-order valence-corrected chi connectivity index (χ0v) is 36.8. The molecule has 2 unspecified atom stereocenters. The average molecular weight is 862 g/mol. The van der Waals surface area contributed by atoms with Crippen LogP contribution in [0, 0.1) is 17.3 Å². The predicted octanol–water partition coefficient (Wildman–Crippen LogP) is 0.692. The zero-order valence-electron chi connectivity index (χ0n) is 36.8. The van der Waals surface area contributed by atoms with E-state index in [1.54, 1.807) is 12.1 Å². The van der Waals surface area contributed by atoms with E-state index in [4.69, 9.17) is 32.2 Å². The van der Waals surface area contributed by atoms with Gasteiger partial charge in [-0.3, -0.25) is 24.0 Å². The van der Waals surface area contributed by atoms with Gasteiger partial charge >= 0.3 is 7.12 Å². The molecule has 0 spiro atoms. The number of benzene rings is 2. The monoisotopic (exact) mass is 862 g/mol. The first-order valence-electron chi connectivity index (χ1n) is 22.1. The lowest BCUT2D eigenvalue weighted by Crippen LogP contribution is -2.65. The minimum Gasteiger partial charge on any atom is -0.403 e. The lowest BCUT2D eigenvalue weighted by atomic mass is 9.43. The van der Waals surface area contributed by atoms with Crippen molar-refractivity contribution in [2.45, 2.75) is 141 Å². The number of amides is 5. The van der Waals surface area contributed by atoms with Gasteiger partial charge < -0.3 is 63.9 Å². The summed E-state index contributed by atoms with van der Waals surface area (Å²) in [6, 6.07) is 10.3. The van der Waals surface area contributed by atoms with Crippen LogP contribution in [0.1, 0.15) is 102 Å². The minimum atomic E-state index is -1.69. The van der Waals surface area contributed by atoms with Crippen molar-refractivity contribution in [1.82, 2.24) is 26.6 Å². The Morgan fingerprint density at radius 2 is 1.40 bits per heavy atom. The Balaban J connectivity index is 1.15. The third-order valence-corrected chi connectivity index (χ3v) is 13.1. The number of carbonyl (C=O) groups is 5. The third-order valence-electron chi connectivity index (χ3n) is 13.1. The summed E-state index contributed by atoms with van der Waals surface area (Å²) in [6.45, 7) is 10.3. The zero-order chi connectivity index (χ0) is 45.4. The van der Waals surface area contributed by atoms with Crippen molar-refractivity contribution in [3.8, 4) is 11.1 Å². The van der Waals surface area contributed by atoms with Crippen LogP contribution in [0.25, 0.3) is 11.1 Å². The number of aliphatic hydroxyl groups is 1. The summed E-state index contributed by atoms with van der Waals surface area (Å²) in [5.74, 6) is -3.02.